The van der Waals surface area contributed by atoms with Crippen LogP contribution < -0.4 is 10.6 Å². The molecule has 0 fully saturated rings. The Morgan fingerprint density at radius 3 is 2.58 bits per heavy atom. The monoisotopic (exact) mass is 454 g/mol. The molecule has 0 spiro atoms. The van der Waals surface area contributed by atoms with Gasteiger partial charge >= 0.3 is 0 Å². The SMILES string of the molecule is Cc1nc(CNc2cc(Cl)c3ncc(C#N)c(Nc4ccc(F)c(Cl)c4)c3c2)c(C)[nH]1. The van der Waals surface area contributed by atoms with E-state index in [9.17, 15) is 9.65 Å². The number of nitriles is 1. The highest BCUT2D eigenvalue weighted by Crippen LogP contribution is 2.35. The van der Waals surface area contributed by atoms with Gasteiger partial charge in [0.2, 0.25) is 0 Å². The lowest BCUT2D eigenvalue weighted by Crippen LogP contribution is -2.03. The first kappa shape index (κ1) is 20.9. The number of rotatable bonds is 5. The summed E-state index contributed by atoms with van der Waals surface area (Å²) < 4.78 is 13.5. The van der Waals surface area contributed by atoms with Crippen LogP contribution in [-0.2, 0) is 6.54 Å². The van der Waals surface area contributed by atoms with Crippen molar-refractivity contribution >= 4 is 51.2 Å². The smallest absolute Gasteiger partial charge is 0.141 e. The molecule has 0 aliphatic rings. The second-order valence-electron chi connectivity index (χ2n) is 7.01. The quantitative estimate of drug-likeness (QED) is 0.331. The van der Waals surface area contributed by atoms with Gasteiger partial charge in [-0.15, -0.1) is 0 Å². The molecule has 2 aromatic heterocycles. The fourth-order valence-corrected chi connectivity index (χ4v) is 3.76. The van der Waals surface area contributed by atoms with Crippen LogP contribution >= 0.6 is 23.2 Å². The maximum atomic E-state index is 13.5. The zero-order valence-corrected chi connectivity index (χ0v) is 18.2. The molecule has 3 N–H and O–H groups in total. The van der Waals surface area contributed by atoms with Crippen molar-refractivity contribution in [2.24, 2.45) is 0 Å². The number of aryl methyl sites for hydroxylation is 2. The summed E-state index contributed by atoms with van der Waals surface area (Å²) in [6.45, 7) is 4.36. The average molecular weight is 455 g/mol. The molecule has 0 saturated heterocycles. The highest BCUT2D eigenvalue weighted by Gasteiger charge is 2.14. The van der Waals surface area contributed by atoms with E-state index in [-0.39, 0.29) is 5.02 Å². The number of nitrogens with one attached hydrogen (secondary N) is 3. The minimum Gasteiger partial charge on any atom is -0.379 e. The van der Waals surface area contributed by atoms with Crippen molar-refractivity contribution in [1.29, 1.82) is 5.26 Å². The Hall–Kier alpha value is -3.34. The Morgan fingerprint density at radius 2 is 1.90 bits per heavy atom. The molecule has 2 heterocycles. The largest absolute Gasteiger partial charge is 0.379 e. The Labute approximate surface area is 188 Å². The standard InChI is InChI=1S/C22H17Cl2FN6/c1-11-20(30-12(2)29-11)10-27-15-5-16-21(31-14-3-4-19(25)17(23)6-14)13(8-26)9-28-22(16)18(24)7-15/h3-7,9,27H,10H2,1-2H3,(H,28,31)(H,29,30). The van der Waals surface area contributed by atoms with Crippen LogP contribution in [0.3, 0.4) is 0 Å². The van der Waals surface area contributed by atoms with Gasteiger partial charge < -0.3 is 15.6 Å². The number of H-pyrrole nitrogens is 1. The van der Waals surface area contributed by atoms with E-state index >= 15 is 0 Å². The van der Waals surface area contributed by atoms with Gasteiger partial charge in [-0.1, -0.05) is 23.2 Å². The van der Waals surface area contributed by atoms with Crippen molar-refractivity contribution in [2.75, 3.05) is 10.6 Å². The number of anilines is 3. The highest BCUT2D eigenvalue weighted by atomic mass is 35.5. The van der Waals surface area contributed by atoms with E-state index in [1.165, 1.54) is 18.3 Å². The van der Waals surface area contributed by atoms with Gasteiger partial charge in [0.1, 0.15) is 17.7 Å². The molecule has 0 radical (unpaired) electrons. The summed E-state index contributed by atoms with van der Waals surface area (Å²) in [7, 11) is 0. The van der Waals surface area contributed by atoms with Gasteiger partial charge in [0.25, 0.3) is 0 Å². The summed E-state index contributed by atoms with van der Waals surface area (Å²) in [6.07, 6.45) is 1.45. The van der Waals surface area contributed by atoms with Gasteiger partial charge in [0, 0.05) is 28.7 Å². The zero-order chi connectivity index (χ0) is 22.1. The second kappa shape index (κ2) is 8.42. The third kappa shape index (κ3) is 4.26. The molecule has 9 heteroatoms. The fraction of sp³-hybridized carbons (Fsp3) is 0.136. The zero-order valence-electron chi connectivity index (χ0n) is 16.6. The number of pyridine rings is 1. The van der Waals surface area contributed by atoms with Crippen LogP contribution in [0.2, 0.25) is 10.0 Å². The first-order valence-electron chi connectivity index (χ1n) is 9.36. The minimum atomic E-state index is -0.522. The van der Waals surface area contributed by atoms with Gasteiger partial charge in [-0.25, -0.2) is 9.37 Å². The number of imidazole rings is 1. The van der Waals surface area contributed by atoms with Crippen LogP contribution in [-0.4, -0.2) is 15.0 Å². The predicted octanol–water partition coefficient (Wildman–Crippen LogP) is 6.25. The normalized spacial score (nSPS) is 10.8. The number of benzene rings is 2. The van der Waals surface area contributed by atoms with Crippen molar-refractivity contribution in [1.82, 2.24) is 15.0 Å². The summed E-state index contributed by atoms with van der Waals surface area (Å²) in [5.74, 6) is 0.323. The minimum absolute atomic E-state index is 0.0214. The third-order valence-electron chi connectivity index (χ3n) is 4.80. The van der Waals surface area contributed by atoms with Crippen LogP contribution in [0.15, 0.2) is 36.5 Å². The molecule has 0 aliphatic heterocycles. The molecule has 2 aromatic carbocycles. The maximum absolute atomic E-state index is 13.5. The van der Waals surface area contributed by atoms with E-state index in [1.807, 2.05) is 19.9 Å². The van der Waals surface area contributed by atoms with Crippen LogP contribution in [0.25, 0.3) is 10.9 Å². The molecule has 4 rings (SSSR count). The topological polar surface area (TPSA) is 89.4 Å². The number of aromatic nitrogens is 3. The number of aromatic amines is 1. The van der Waals surface area contributed by atoms with Crippen molar-refractivity contribution < 1.29 is 4.39 Å². The molecular formula is C22H17Cl2FN6. The molecule has 4 aromatic rings. The molecule has 0 bridgehead atoms. The van der Waals surface area contributed by atoms with Crippen LogP contribution in [0, 0.1) is 31.0 Å². The summed E-state index contributed by atoms with van der Waals surface area (Å²) in [4.78, 5) is 12.0. The van der Waals surface area contributed by atoms with E-state index in [0.29, 0.717) is 39.4 Å². The van der Waals surface area contributed by atoms with Crippen LogP contribution in [0.1, 0.15) is 22.8 Å². The van der Waals surface area contributed by atoms with E-state index in [4.69, 9.17) is 23.2 Å². The molecule has 0 atom stereocenters. The Balaban J connectivity index is 1.75. The number of nitrogens with zero attached hydrogens (tertiary/aromatic N) is 3. The summed E-state index contributed by atoms with van der Waals surface area (Å²) in [6, 6.07) is 10.0. The first-order chi connectivity index (χ1) is 14.9. The number of hydrogen-bond acceptors (Lipinski definition) is 5. The van der Waals surface area contributed by atoms with Crippen molar-refractivity contribution in [3.63, 3.8) is 0 Å². The fourth-order valence-electron chi connectivity index (χ4n) is 3.31. The lowest BCUT2D eigenvalue weighted by molar-refractivity contribution is 0.628. The van der Waals surface area contributed by atoms with Crippen molar-refractivity contribution in [3.8, 4) is 6.07 Å². The lowest BCUT2D eigenvalue weighted by atomic mass is 10.1. The lowest BCUT2D eigenvalue weighted by Gasteiger charge is -2.14. The number of hydrogen-bond donors (Lipinski definition) is 3. The van der Waals surface area contributed by atoms with Crippen molar-refractivity contribution in [3.05, 3.63) is 75.2 Å². The molecule has 0 unspecified atom stereocenters. The van der Waals surface area contributed by atoms with Gasteiger partial charge in [-0.2, -0.15) is 5.26 Å². The first-order valence-corrected chi connectivity index (χ1v) is 10.1. The van der Waals surface area contributed by atoms with Crippen molar-refractivity contribution in [2.45, 2.75) is 20.4 Å². The molecule has 0 aliphatic carbocycles. The molecule has 31 heavy (non-hydrogen) atoms. The summed E-state index contributed by atoms with van der Waals surface area (Å²) in [5.41, 5.74) is 4.53. The number of halogens is 3. The molecule has 0 saturated carbocycles. The van der Waals surface area contributed by atoms with E-state index in [0.717, 1.165) is 22.9 Å². The number of fused-ring (bicyclic) bond motifs is 1. The predicted molar refractivity (Wildman–Crippen MR) is 122 cm³/mol. The Kier molecular flexibility index (Phi) is 5.68. The third-order valence-corrected chi connectivity index (χ3v) is 5.38. The average Bonchev–Trinajstić information content (AvgIpc) is 3.06. The van der Waals surface area contributed by atoms with Crippen LogP contribution in [0.5, 0.6) is 0 Å². The maximum Gasteiger partial charge on any atom is 0.141 e. The van der Waals surface area contributed by atoms with E-state index in [1.54, 1.807) is 12.1 Å². The summed E-state index contributed by atoms with van der Waals surface area (Å²) in [5, 5.41) is 17.1. The van der Waals surface area contributed by atoms with E-state index < -0.39 is 5.82 Å². The molecular weight excluding hydrogens is 438 g/mol. The Bertz CT molecular complexity index is 1340. The Morgan fingerprint density at radius 1 is 1.13 bits per heavy atom. The van der Waals surface area contributed by atoms with Gasteiger partial charge in [-0.3, -0.25) is 4.98 Å². The summed E-state index contributed by atoms with van der Waals surface area (Å²) >= 11 is 12.4. The highest BCUT2D eigenvalue weighted by molar-refractivity contribution is 6.36. The molecule has 6 nitrogen and oxygen atoms in total. The van der Waals surface area contributed by atoms with E-state index in [2.05, 4.69) is 31.7 Å². The van der Waals surface area contributed by atoms with Gasteiger partial charge in [0.15, 0.2) is 0 Å². The molecule has 0 amide bonds. The van der Waals surface area contributed by atoms with Gasteiger partial charge in [-0.05, 0) is 44.2 Å². The molecule has 156 valence electrons. The van der Waals surface area contributed by atoms with Crippen LogP contribution in [0.4, 0.5) is 21.5 Å². The van der Waals surface area contributed by atoms with Gasteiger partial charge in [0.05, 0.1) is 39.1 Å². The second-order valence-corrected chi connectivity index (χ2v) is 7.83.